The van der Waals surface area contributed by atoms with Gasteiger partial charge in [0, 0.05) is 0 Å². The van der Waals surface area contributed by atoms with Crippen LogP contribution in [0.5, 0.6) is 0 Å². The molecule has 0 rings (SSSR count). The summed E-state index contributed by atoms with van der Waals surface area (Å²) in [5.74, 6) is 0. The van der Waals surface area contributed by atoms with E-state index in [0.29, 0.717) is 0 Å². The number of hydrogen-bond donors (Lipinski definition) is 4. The Morgan fingerprint density at radius 1 is 1.00 bits per heavy atom. The van der Waals surface area contributed by atoms with Crippen molar-refractivity contribution in [2.75, 3.05) is 0 Å². The van der Waals surface area contributed by atoms with Crippen molar-refractivity contribution < 1.29 is 35.9 Å². The van der Waals surface area contributed by atoms with Crippen LogP contribution in [0.15, 0.2) is 0 Å². The molecule has 0 aliphatic heterocycles. The molecule has 0 heterocycles. The second-order valence-electron chi connectivity index (χ2n) is 1.06. The Balaban J connectivity index is -0.000000107. The summed E-state index contributed by atoms with van der Waals surface area (Å²) >= 11 is 0. The molecule has 60 valence electrons. The maximum Gasteiger partial charge on any atom is 2.00 e. The molecule has 0 aromatic heterocycles. The van der Waals surface area contributed by atoms with E-state index in [1.807, 2.05) is 0 Å². The average Bonchev–Trinajstić information content (AvgIpc) is 1.14. The third-order valence-electron chi connectivity index (χ3n) is 0.213. The zero-order valence-corrected chi connectivity index (χ0v) is 8.61. The summed E-state index contributed by atoms with van der Waals surface area (Å²) in [5.41, 5.74) is 0. The number of rotatable bonds is 2. The summed E-state index contributed by atoms with van der Waals surface area (Å²) in [6, 6.07) is 0. The molecule has 0 aromatic rings. The van der Waals surface area contributed by atoms with E-state index in [-0.39, 0.29) is 40.6 Å². The summed E-state index contributed by atoms with van der Waals surface area (Å²) in [7, 11) is -10.1. The van der Waals surface area contributed by atoms with Crippen LogP contribution in [0.2, 0.25) is 0 Å². The van der Waals surface area contributed by atoms with Crippen LogP contribution in [0.4, 0.5) is 0 Å². The first-order valence-electron chi connectivity index (χ1n) is 1.53. The summed E-state index contributed by atoms with van der Waals surface area (Å²) in [5, 5.41) is 0. The maximum absolute atomic E-state index is 9.63. The van der Waals surface area contributed by atoms with Gasteiger partial charge in [-0.15, -0.1) is 0 Å². The van der Waals surface area contributed by atoms with Gasteiger partial charge in [0.15, 0.2) is 0 Å². The van der Waals surface area contributed by atoms with Crippen molar-refractivity contribution in [3.63, 3.8) is 0 Å². The maximum atomic E-state index is 9.63. The quantitative estimate of drug-likeness (QED) is 0.348. The van der Waals surface area contributed by atoms with E-state index >= 15 is 0 Å². The molecular weight excluding hydrogens is 214 g/mol. The van der Waals surface area contributed by atoms with Gasteiger partial charge in [-0.25, -0.2) is 9.13 Å². The Labute approximate surface area is 88.8 Å². The Morgan fingerprint density at radius 3 is 1.20 bits per heavy atom. The smallest absolute Gasteiger partial charge is 1.00 e. The zero-order valence-electron chi connectivity index (χ0n) is 6.62. The number of phosphoric acid groups is 2. The van der Waals surface area contributed by atoms with Gasteiger partial charge >= 0.3 is 53.4 Å². The molecule has 0 saturated carbocycles. The third kappa shape index (κ3) is 12.2. The molecule has 0 amide bonds. The van der Waals surface area contributed by atoms with E-state index in [0.717, 1.165) is 0 Å². The molecule has 0 bridgehead atoms. The molecule has 0 spiro atoms. The predicted molar refractivity (Wildman–Crippen MR) is 33.2 cm³/mol. The van der Waals surface area contributed by atoms with Crippen LogP contribution in [-0.4, -0.2) is 57.3 Å². The Hall–Kier alpha value is 1.52. The molecular formula is H6CaO7P2. The van der Waals surface area contributed by atoms with Crippen molar-refractivity contribution >= 4 is 53.4 Å². The van der Waals surface area contributed by atoms with Crippen molar-refractivity contribution in [1.29, 1.82) is 0 Å². The molecule has 10 heavy (non-hydrogen) atoms. The van der Waals surface area contributed by atoms with E-state index in [1.54, 1.807) is 0 Å². The van der Waals surface area contributed by atoms with Crippen molar-refractivity contribution in [3.8, 4) is 0 Å². The standard InChI is InChI=1S/Ca.H4O7P2.2H/c;1-8(2,3)7-9(4,5)6;;/h;(H2,1,2,3)(H2,4,5,6);;/q+2;;2*-1. The minimum atomic E-state index is -5.05. The summed E-state index contributed by atoms with van der Waals surface area (Å²) < 4.78 is 22.2. The molecule has 4 N–H and O–H groups in total. The second kappa shape index (κ2) is 4.52. The fourth-order valence-electron chi connectivity index (χ4n) is 0.139. The van der Waals surface area contributed by atoms with Gasteiger partial charge in [-0.2, -0.15) is 4.31 Å². The number of hydrogen-bond acceptors (Lipinski definition) is 3. The van der Waals surface area contributed by atoms with Crippen LogP contribution < -0.4 is 0 Å². The minimum Gasteiger partial charge on any atom is -1.00 e. The molecule has 0 unspecified atom stereocenters. The molecule has 10 heteroatoms. The minimum absolute atomic E-state index is 0. The van der Waals surface area contributed by atoms with Crippen molar-refractivity contribution in [2.45, 2.75) is 0 Å². The molecule has 0 atom stereocenters. The van der Waals surface area contributed by atoms with Gasteiger partial charge in [0.05, 0.1) is 0 Å². The second-order valence-corrected chi connectivity index (χ2v) is 3.68. The van der Waals surface area contributed by atoms with Gasteiger partial charge in [-0.1, -0.05) is 0 Å². The van der Waals surface area contributed by atoms with E-state index in [1.165, 1.54) is 0 Å². The van der Waals surface area contributed by atoms with E-state index in [9.17, 15) is 9.13 Å². The van der Waals surface area contributed by atoms with Crippen LogP contribution >= 0.6 is 15.6 Å². The first-order valence-corrected chi connectivity index (χ1v) is 4.59. The normalized spacial score (nSPS) is 12.4. The Kier molecular flexibility index (Phi) is 6.36. The Bertz CT molecular complexity index is 160. The molecule has 7 nitrogen and oxygen atoms in total. The van der Waals surface area contributed by atoms with Gasteiger partial charge in [0.2, 0.25) is 0 Å². The van der Waals surface area contributed by atoms with Gasteiger partial charge in [-0.05, 0) is 0 Å². The molecule has 0 fully saturated rings. The van der Waals surface area contributed by atoms with Crippen molar-refractivity contribution in [3.05, 3.63) is 0 Å². The van der Waals surface area contributed by atoms with Crippen molar-refractivity contribution in [2.24, 2.45) is 0 Å². The SMILES string of the molecule is O=P(O)(O)OP(=O)(O)O.[Ca+2].[H-].[H-]. The predicted octanol–water partition coefficient (Wildman–Crippen LogP) is -0.967. The summed E-state index contributed by atoms with van der Waals surface area (Å²) in [6.45, 7) is 0. The summed E-state index contributed by atoms with van der Waals surface area (Å²) in [6.07, 6.45) is 0. The molecule has 0 saturated heterocycles. The third-order valence-corrected chi connectivity index (χ3v) is 1.91. The molecule has 0 radical (unpaired) electrons. The van der Waals surface area contributed by atoms with E-state index < -0.39 is 15.6 Å². The Morgan fingerprint density at radius 2 is 1.20 bits per heavy atom. The van der Waals surface area contributed by atoms with Crippen LogP contribution in [0.1, 0.15) is 2.85 Å². The van der Waals surface area contributed by atoms with Gasteiger partial charge in [-0.3, -0.25) is 0 Å². The van der Waals surface area contributed by atoms with E-state index in [4.69, 9.17) is 19.6 Å². The monoisotopic (exact) mass is 220 g/mol. The molecule has 0 aliphatic rings. The average molecular weight is 220 g/mol. The first kappa shape index (κ1) is 14.1. The van der Waals surface area contributed by atoms with Gasteiger partial charge < -0.3 is 22.4 Å². The first-order chi connectivity index (χ1) is 3.71. The summed E-state index contributed by atoms with van der Waals surface area (Å²) in [4.78, 5) is 31.0. The molecule has 0 aromatic carbocycles. The van der Waals surface area contributed by atoms with Gasteiger partial charge in [0.1, 0.15) is 0 Å². The van der Waals surface area contributed by atoms with Crippen LogP contribution in [0.3, 0.4) is 0 Å². The molecule has 0 aliphatic carbocycles. The van der Waals surface area contributed by atoms with Crippen LogP contribution in [-0.2, 0) is 13.4 Å². The zero-order chi connectivity index (χ0) is 7.71. The van der Waals surface area contributed by atoms with Crippen LogP contribution in [0, 0.1) is 0 Å². The topological polar surface area (TPSA) is 124 Å². The van der Waals surface area contributed by atoms with E-state index in [2.05, 4.69) is 4.31 Å². The fourth-order valence-corrected chi connectivity index (χ4v) is 1.25. The van der Waals surface area contributed by atoms with Crippen LogP contribution in [0.25, 0.3) is 0 Å². The van der Waals surface area contributed by atoms with Gasteiger partial charge in [0.25, 0.3) is 0 Å². The fraction of sp³-hybridized carbons (Fsp3) is 0. The van der Waals surface area contributed by atoms with Crippen molar-refractivity contribution in [1.82, 2.24) is 0 Å². The largest absolute Gasteiger partial charge is 2.00 e.